The standard InChI is InChI=1S/C9H11FO/c1-8-4-2-3-5-9(8)11-7-6-10/h2-5H,6-7H2,1H3. The van der Waals surface area contributed by atoms with Gasteiger partial charge in [-0.2, -0.15) is 0 Å². The van der Waals surface area contributed by atoms with Crippen molar-refractivity contribution in [1.82, 2.24) is 0 Å². The average Bonchev–Trinajstić information content (AvgIpc) is 2.03. The Hall–Kier alpha value is -1.05. The molecule has 0 heterocycles. The van der Waals surface area contributed by atoms with Crippen molar-refractivity contribution >= 4 is 0 Å². The maximum absolute atomic E-state index is 11.7. The lowest BCUT2D eigenvalue weighted by atomic mass is 10.2. The number of aryl methyl sites for hydroxylation is 1. The fourth-order valence-electron chi connectivity index (χ4n) is 0.867. The lowest BCUT2D eigenvalue weighted by Gasteiger charge is -2.05. The van der Waals surface area contributed by atoms with Crippen molar-refractivity contribution in [2.45, 2.75) is 6.92 Å². The van der Waals surface area contributed by atoms with E-state index in [2.05, 4.69) is 0 Å². The van der Waals surface area contributed by atoms with Gasteiger partial charge >= 0.3 is 0 Å². The van der Waals surface area contributed by atoms with Crippen LogP contribution in [0.2, 0.25) is 0 Å². The Morgan fingerprint density at radius 3 is 2.73 bits per heavy atom. The molecule has 0 unspecified atom stereocenters. The van der Waals surface area contributed by atoms with E-state index in [1.54, 1.807) is 0 Å². The van der Waals surface area contributed by atoms with Crippen molar-refractivity contribution in [2.24, 2.45) is 0 Å². The molecule has 1 rings (SSSR count). The molecule has 1 nitrogen and oxygen atoms in total. The summed E-state index contributed by atoms with van der Waals surface area (Å²) in [7, 11) is 0. The first kappa shape index (κ1) is 8.05. The molecule has 0 saturated heterocycles. The second kappa shape index (κ2) is 3.96. The summed E-state index contributed by atoms with van der Waals surface area (Å²) < 4.78 is 16.8. The predicted molar refractivity (Wildman–Crippen MR) is 42.6 cm³/mol. The minimum absolute atomic E-state index is 0.144. The Morgan fingerprint density at radius 1 is 1.36 bits per heavy atom. The molecule has 1 aromatic carbocycles. The molecule has 0 radical (unpaired) electrons. The maximum atomic E-state index is 11.7. The molecule has 0 N–H and O–H groups in total. The molecule has 0 saturated carbocycles. The molecule has 0 amide bonds. The van der Waals surface area contributed by atoms with Crippen molar-refractivity contribution in [1.29, 1.82) is 0 Å². The third kappa shape index (κ3) is 2.22. The van der Waals surface area contributed by atoms with E-state index in [1.807, 2.05) is 31.2 Å². The third-order valence-electron chi connectivity index (χ3n) is 1.43. The largest absolute Gasteiger partial charge is 0.491 e. The SMILES string of the molecule is Cc1ccccc1OCCF. The van der Waals surface area contributed by atoms with Crippen LogP contribution in [-0.2, 0) is 0 Å². The van der Waals surface area contributed by atoms with E-state index in [4.69, 9.17) is 4.74 Å². The van der Waals surface area contributed by atoms with Crippen LogP contribution < -0.4 is 4.74 Å². The minimum Gasteiger partial charge on any atom is -0.491 e. The molecule has 0 spiro atoms. The highest BCUT2D eigenvalue weighted by Crippen LogP contribution is 2.15. The number of halogens is 1. The molecule has 11 heavy (non-hydrogen) atoms. The topological polar surface area (TPSA) is 9.23 Å². The quantitative estimate of drug-likeness (QED) is 0.649. The van der Waals surface area contributed by atoms with Crippen LogP contribution in [0.15, 0.2) is 24.3 Å². The van der Waals surface area contributed by atoms with Gasteiger partial charge in [-0.25, -0.2) is 4.39 Å². The summed E-state index contributed by atoms with van der Waals surface area (Å²) in [5.74, 6) is 0.769. The lowest BCUT2D eigenvalue weighted by Crippen LogP contribution is -1.99. The number of para-hydroxylation sites is 1. The number of rotatable bonds is 3. The van der Waals surface area contributed by atoms with Crippen LogP contribution >= 0.6 is 0 Å². The van der Waals surface area contributed by atoms with Gasteiger partial charge in [-0.1, -0.05) is 18.2 Å². The first-order valence-electron chi connectivity index (χ1n) is 3.59. The lowest BCUT2D eigenvalue weighted by molar-refractivity contribution is 0.272. The smallest absolute Gasteiger partial charge is 0.123 e. The molecule has 1 aromatic rings. The number of ether oxygens (including phenoxy) is 1. The molecule has 0 atom stereocenters. The van der Waals surface area contributed by atoms with Crippen LogP contribution in [0.1, 0.15) is 5.56 Å². The van der Waals surface area contributed by atoms with Crippen LogP contribution in [-0.4, -0.2) is 13.3 Å². The minimum atomic E-state index is -0.436. The van der Waals surface area contributed by atoms with Gasteiger partial charge < -0.3 is 4.74 Å². The normalized spacial score (nSPS) is 9.64. The zero-order valence-electron chi connectivity index (χ0n) is 6.51. The summed E-state index contributed by atoms with van der Waals surface area (Å²) >= 11 is 0. The zero-order valence-corrected chi connectivity index (χ0v) is 6.51. The second-order valence-electron chi connectivity index (χ2n) is 2.30. The summed E-state index contributed by atoms with van der Waals surface area (Å²) in [6.45, 7) is 1.65. The van der Waals surface area contributed by atoms with Crippen molar-refractivity contribution in [3.63, 3.8) is 0 Å². The Morgan fingerprint density at radius 2 is 2.09 bits per heavy atom. The zero-order chi connectivity index (χ0) is 8.10. The number of benzene rings is 1. The van der Waals surface area contributed by atoms with E-state index in [-0.39, 0.29) is 6.61 Å². The molecular weight excluding hydrogens is 143 g/mol. The van der Waals surface area contributed by atoms with Crippen LogP contribution in [0, 0.1) is 6.92 Å². The average molecular weight is 154 g/mol. The number of hydrogen-bond acceptors (Lipinski definition) is 1. The fraction of sp³-hybridized carbons (Fsp3) is 0.333. The summed E-state index contributed by atoms with van der Waals surface area (Å²) in [6, 6.07) is 7.58. The highest BCUT2D eigenvalue weighted by molar-refractivity contribution is 5.31. The molecule has 0 fully saturated rings. The summed E-state index contributed by atoms with van der Waals surface area (Å²) in [5, 5.41) is 0. The first-order chi connectivity index (χ1) is 5.34. The van der Waals surface area contributed by atoms with Gasteiger partial charge in [0.2, 0.25) is 0 Å². The molecular formula is C9H11FO. The van der Waals surface area contributed by atoms with Gasteiger partial charge in [0.25, 0.3) is 0 Å². The highest BCUT2D eigenvalue weighted by atomic mass is 19.1. The Kier molecular flexibility index (Phi) is 2.90. The van der Waals surface area contributed by atoms with Gasteiger partial charge in [0.05, 0.1) is 0 Å². The molecule has 0 aromatic heterocycles. The Bertz CT molecular complexity index is 223. The predicted octanol–water partition coefficient (Wildman–Crippen LogP) is 2.34. The van der Waals surface area contributed by atoms with Crippen molar-refractivity contribution < 1.29 is 9.13 Å². The monoisotopic (exact) mass is 154 g/mol. The molecule has 0 bridgehead atoms. The van der Waals surface area contributed by atoms with Crippen LogP contribution in [0.3, 0.4) is 0 Å². The highest BCUT2D eigenvalue weighted by Gasteiger charge is 1.95. The second-order valence-corrected chi connectivity index (χ2v) is 2.30. The van der Waals surface area contributed by atoms with Gasteiger partial charge in [0, 0.05) is 0 Å². The molecule has 0 aliphatic carbocycles. The Labute approximate surface area is 65.8 Å². The van der Waals surface area contributed by atoms with Gasteiger partial charge in [-0.05, 0) is 18.6 Å². The van der Waals surface area contributed by atoms with Crippen molar-refractivity contribution in [3.05, 3.63) is 29.8 Å². The van der Waals surface area contributed by atoms with E-state index < -0.39 is 6.67 Å². The van der Waals surface area contributed by atoms with Gasteiger partial charge in [-0.15, -0.1) is 0 Å². The van der Waals surface area contributed by atoms with E-state index in [0.29, 0.717) is 0 Å². The maximum Gasteiger partial charge on any atom is 0.123 e. The first-order valence-corrected chi connectivity index (χ1v) is 3.59. The summed E-state index contributed by atoms with van der Waals surface area (Å²) in [4.78, 5) is 0. The van der Waals surface area contributed by atoms with Crippen LogP contribution in [0.5, 0.6) is 5.75 Å². The number of alkyl halides is 1. The van der Waals surface area contributed by atoms with Crippen LogP contribution in [0.25, 0.3) is 0 Å². The molecule has 60 valence electrons. The van der Waals surface area contributed by atoms with E-state index in [9.17, 15) is 4.39 Å². The third-order valence-corrected chi connectivity index (χ3v) is 1.43. The molecule has 0 aliphatic heterocycles. The fourth-order valence-corrected chi connectivity index (χ4v) is 0.867. The molecule has 0 aliphatic rings. The van der Waals surface area contributed by atoms with Crippen molar-refractivity contribution in [3.8, 4) is 5.75 Å². The van der Waals surface area contributed by atoms with Gasteiger partial charge in [0.15, 0.2) is 0 Å². The summed E-state index contributed by atoms with van der Waals surface area (Å²) in [6.07, 6.45) is 0. The van der Waals surface area contributed by atoms with Gasteiger partial charge in [0.1, 0.15) is 19.0 Å². The van der Waals surface area contributed by atoms with Gasteiger partial charge in [-0.3, -0.25) is 0 Å². The van der Waals surface area contributed by atoms with E-state index in [0.717, 1.165) is 11.3 Å². The Balaban J connectivity index is 2.62. The summed E-state index contributed by atoms with van der Waals surface area (Å²) in [5.41, 5.74) is 1.04. The van der Waals surface area contributed by atoms with E-state index >= 15 is 0 Å². The number of hydrogen-bond donors (Lipinski definition) is 0. The van der Waals surface area contributed by atoms with E-state index in [1.165, 1.54) is 0 Å². The van der Waals surface area contributed by atoms with Crippen LogP contribution in [0.4, 0.5) is 4.39 Å². The van der Waals surface area contributed by atoms with Crippen molar-refractivity contribution in [2.75, 3.05) is 13.3 Å². The molecule has 2 heteroatoms.